The molecule has 1 aliphatic heterocycles. The van der Waals surface area contributed by atoms with Gasteiger partial charge in [-0.15, -0.1) is 0 Å². The first kappa shape index (κ1) is 22.7. The predicted molar refractivity (Wildman–Crippen MR) is 105 cm³/mol. The van der Waals surface area contributed by atoms with Gasteiger partial charge >= 0.3 is 12.1 Å². The zero-order valence-electron chi connectivity index (χ0n) is 17.6. The van der Waals surface area contributed by atoms with Crippen LogP contribution < -0.4 is 5.32 Å². The van der Waals surface area contributed by atoms with Gasteiger partial charge in [0.2, 0.25) is 0 Å². The molecule has 2 rings (SSSR count). The molecule has 1 unspecified atom stereocenters. The quantitative estimate of drug-likeness (QED) is 0.624. The summed E-state index contributed by atoms with van der Waals surface area (Å²) < 4.78 is 10.7. The number of aliphatic hydroxyl groups is 1. The number of nitrogens with zero attached hydrogens (tertiary/aromatic N) is 3. The minimum Gasteiger partial charge on any atom is -0.444 e. The van der Waals surface area contributed by atoms with E-state index in [2.05, 4.69) is 10.2 Å². The molecule has 0 aromatic carbocycles. The van der Waals surface area contributed by atoms with E-state index in [1.807, 2.05) is 20.8 Å². The van der Waals surface area contributed by atoms with E-state index < -0.39 is 11.7 Å². The van der Waals surface area contributed by atoms with Gasteiger partial charge in [0.05, 0.1) is 19.3 Å². The minimum absolute atomic E-state index is 0.208. The first-order valence-corrected chi connectivity index (χ1v) is 10.1. The third-order valence-corrected chi connectivity index (χ3v) is 4.65. The van der Waals surface area contributed by atoms with Crippen molar-refractivity contribution in [2.75, 3.05) is 59.5 Å². The maximum Gasteiger partial charge on any atom is 0.410 e. The highest BCUT2D eigenvalue weighted by Gasteiger charge is 2.35. The number of hydrogen-bond acceptors (Lipinski definition) is 6. The highest BCUT2D eigenvalue weighted by Crippen LogP contribution is 2.28. The van der Waals surface area contributed by atoms with E-state index >= 15 is 0 Å². The normalized spacial score (nSPS) is 19.0. The van der Waals surface area contributed by atoms with Crippen LogP contribution >= 0.6 is 0 Å². The molecular formula is C19H36N4O5. The van der Waals surface area contributed by atoms with Crippen LogP contribution in [-0.4, -0.2) is 109 Å². The Labute approximate surface area is 167 Å². The number of amides is 3. The van der Waals surface area contributed by atoms with Crippen molar-refractivity contribution < 1.29 is 24.2 Å². The molecule has 0 bridgehead atoms. The standard InChI is InChI=1S/C19H36N4O5/c1-19(2,3)28-18(26)23(15-5-6-15)8-7-20-17(25)21(4)13-16(24)14-22-9-11-27-12-10-22/h15-16,24H,5-14H2,1-4H3,(H,20,25). The lowest BCUT2D eigenvalue weighted by molar-refractivity contribution is 0.0106. The van der Waals surface area contributed by atoms with Crippen LogP contribution in [0.25, 0.3) is 0 Å². The number of β-amino-alcohol motifs (C(OH)–C–C–N with tert-alkyl or cyclic N) is 1. The first-order valence-electron chi connectivity index (χ1n) is 10.1. The molecule has 0 aromatic rings. The molecule has 9 heteroatoms. The fourth-order valence-corrected chi connectivity index (χ4v) is 3.09. The minimum atomic E-state index is -0.612. The fraction of sp³-hybridized carbons (Fsp3) is 0.895. The topological polar surface area (TPSA) is 94.6 Å². The third kappa shape index (κ3) is 8.20. The molecular weight excluding hydrogens is 364 g/mol. The van der Waals surface area contributed by atoms with Gasteiger partial charge in [-0.05, 0) is 33.6 Å². The van der Waals surface area contributed by atoms with Gasteiger partial charge in [0.15, 0.2) is 0 Å². The van der Waals surface area contributed by atoms with E-state index in [1.165, 1.54) is 4.90 Å². The highest BCUT2D eigenvalue weighted by atomic mass is 16.6. The van der Waals surface area contributed by atoms with Crippen molar-refractivity contribution in [1.29, 1.82) is 0 Å². The van der Waals surface area contributed by atoms with Gasteiger partial charge in [0.1, 0.15) is 5.60 Å². The number of carbonyl (C=O) groups is 2. The van der Waals surface area contributed by atoms with Crippen molar-refractivity contribution in [3.8, 4) is 0 Å². The number of carbonyl (C=O) groups excluding carboxylic acids is 2. The van der Waals surface area contributed by atoms with E-state index in [1.54, 1.807) is 11.9 Å². The summed E-state index contributed by atoms with van der Waals surface area (Å²) in [5, 5.41) is 13.0. The maximum absolute atomic E-state index is 12.3. The summed E-state index contributed by atoms with van der Waals surface area (Å²) in [6.07, 6.45) is 0.999. The van der Waals surface area contributed by atoms with Gasteiger partial charge in [-0.3, -0.25) is 4.90 Å². The number of morpholine rings is 1. The average molecular weight is 401 g/mol. The summed E-state index contributed by atoms with van der Waals surface area (Å²) in [5.74, 6) is 0. The Morgan fingerprint density at radius 3 is 2.50 bits per heavy atom. The molecule has 0 aromatic heterocycles. The van der Waals surface area contributed by atoms with Crippen LogP contribution in [-0.2, 0) is 9.47 Å². The summed E-state index contributed by atoms with van der Waals surface area (Å²) in [7, 11) is 1.66. The van der Waals surface area contributed by atoms with Crippen LogP contribution in [0.15, 0.2) is 0 Å². The maximum atomic E-state index is 12.3. The zero-order valence-corrected chi connectivity index (χ0v) is 17.6. The van der Waals surface area contributed by atoms with Crippen LogP contribution in [0, 0.1) is 0 Å². The monoisotopic (exact) mass is 400 g/mol. The Balaban J connectivity index is 1.68. The molecule has 162 valence electrons. The summed E-state index contributed by atoms with van der Waals surface area (Å²) >= 11 is 0. The van der Waals surface area contributed by atoms with Crippen LogP contribution in [0.2, 0.25) is 0 Å². The summed E-state index contributed by atoms with van der Waals surface area (Å²) in [4.78, 5) is 29.9. The Bertz CT molecular complexity index is 515. The van der Waals surface area contributed by atoms with Gasteiger partial charge < -0.3 is 29.7 Å². The van der Waals surface area contributed by atoms with Gasteiger partial charge in [0.25, 0.3) is 0 Å². The summed E-state index contributed by atoms with van der Waals surface area (Å²) in [6, 6.07) is -0.0548. The number of rotatable bonds is 8. The molecule has 3 amide bonds. The third-order valence-electron chi connectivity index (χ3n) is 4.65. The summed E-state index contributed by atoms with van der Waals surface area (Å²) in [5.41, 5.74) is -0.537. The van der Waals surface area contributed by atoms with Gasteiger partial charge in [-0.1, -0.05) is 0 Å². The van der Waals surface area contributed by atoms with E-state index in [0.717, 1.165) is 25.9 Å². The number of urea groups is 1. The van der Waals surface area contributed by atoms with Crippen molar-refractivity contribution in [3.63, 3.8) is 0 Å². The smallest absolute Gasteiger partial charge is 0.410 e. The lowest BCUT2D eigenvalue weighted by Crippen LogP contribution is -2.48. The number of nitrogens with one attached hydrogen (secondary N) is 1. The molecule has 1 saturated heterocycles. The molecule has 2 fully saturated rings. The fourth-order valence-electron chi connectivity index (χ4n) is 3.09. The molecule has 2 aliphatic rings. The van der Waals surface area contributed by atoms with Crippen molar-refractivity contribution in [1.82, 2.24) is 20.0 Å². The predicted octanol–water partition coefficient (Wildman–Crippen LogP) is 0.720. The number of aliphatic hydroxyl groups excluding tert-OH is 1. The van der Waals surface area contributed by atoms with Gasteiger partial charge in [0, 0.05) is 52.4 Å². The summed E-state index contributed by atoms with van der Waals surface area (Å²) in [6.45, 7) is 10.0. The molecule has 9 nitrogen and oxygen atoms in total. The second kappa shape index (κ2) is 10.3. The number of ether oxygens (including phenoxy) is 2. The van der Waals surface area contributed by atoms with Gasteiger partial charge in [-0.2, -0.15) is 0 Å². The van der Waals surface area contributed by atoms with E-state index in [0.29, 0.717) is 32.8 Å². The largest absolute Gasteiger partial charge is 0.444 e. The van der Waals surface area contributed by atoms with Crippen LogP contribution in [0.3, 0.4) is 0 Å². The molecule has 1 aliphatic carbocycles. The Kier molecular flexibility index (Phi) is 8.33. The zero-order chi connectivity index (χ0) is 20.7. The van der Waals surface area contributed by atoms with Crippen molar-refractivity contribution in [3.05, 3.63) is 0 Å². The molecule has 2 N–H and O–H groups in total. The Morgan fingerprint density at radius 1 is 1.29 bits per heavy atom. The second-order valence-corrected chi connectivity index (χ2v) is 8.58. The van der Waals surface area contributed by atoms with E-state index in [4.69, 9.17) is 9.47 Å². The lowest BCUT2D eigenvalue weighted by atomic mass is 10.2. The number of hydrogen-bond donors (Lipinski definition) is 2. The second-order valence-electron chi connectivity index (χ2n) is 8.58. The van der Waals surface area contributed by atoms with E-state index in [9.17, 15) is 14.7 Å². The molecule has 28 heavy (non-hydrogen) atoms. The molecule has 1 atom stereocenters. The van der Waals surface area contributed by atoms with Crippen LogP contribution in [0.4, 0.5) is 9.59 Å². The Hall–Kier alpha value is -1.58. The molecule has 1 heterocycles. The van der Waals surface area contributed by atoms with Crippen LogP contribution in [0.5, 0.6) is 0 Å². The number of likely N-dealkylation sites (N-methyl/N-ethyl adjacent to an activating group) is 1. The van der Waals surface area contributed by atoms with Crippen LogP contribution in [0.1, 0.15) is 33.6 Å². The van der Waals surface area contributed by atoms with Crippen molar-refractivity contribution in [2.45, 2.75) is 51.4 Å². The molecule has 0 spiro atoms. The van der Waals surface area contributed by atoms with Gasteiger partial charge in [-0.25, -0.2) is 9.59 Å². The van der Waals surface area contributed by atoms with Crippen molar-refractivity contribution >= 4 is 12.1 Å². The first-order chi connectivity index (χ1) is 13.2. The van der Waals surface area contributed by atoms with E-state index in [-0.39, 0.29) is 24.7 Å². The lowest BCUT2D eigenvalue weighted by Gasteiger charge is -2.30. The molecule has 0 radical (unpaired) electrons. The van der Waals surface area contributed by atoms with Crippen molar-refractivity contribution in [2.24, 2.45) is 0 Å². The Morgan fingerprint density at radius 2 is 1.93 bits per heavy atom. The SMILES string of the molecule is CN(CC(O)CN1CCOCC1)C(=O)NCCN(C(=O)OC(C)(C)C)C1CC1. The average Bonchev–Trinajstić information content (AvgIpc) is 3.42. The highest BCUT2D eigenvalue weighted by molar-refractivity contribution is 5.74. The molecule has 1 saturated carbocycles.